The molecule has 5 heteroatoms. The van der Waals surface area contributed by atoms with Gasteiger partial charge in [-0.05, 0) is 30.0 Å². The monoisotopic (exact) mass is 265 g/mol. The summed E-state index contributed by atoms with van der Waals surface area (Å²) < 4.78 is 37.9. The molecule has 0 fully saturated rings. The first-order valence-electron chi connectivity index (χ1n) is 5.34. The summed E-state index contributed by atoms with van der Waals surface area (Å²) in [7, 11) is 0. The van der Waals surface area contributed by atoms with E-state index in [1.807, 2.05) is 13.8 Å². The van der Waals surface area contributed by atoms with Crippen LogP contribution in [0.3, 0.4) is 0 Å². The van der Waals surface area contributed by atoms with Crippen molar-refractivity contribution in [3.05, 3.63) is 34.3 Å². The molecule has 0 amide bonds. The average Bonchev–Trinajstić information content (AvgIpc) is 2.15. The summed E-state index contributed by atoms with van der Waals surface area (Å²) in [6, 6.07) is 3.44. The maximum atomic E-state index is 12.6. The Kier molecular flexibility index (Phi) is 4.44. The highest BCUT2D eigenvalue weighted by molar-refractivity contribution is 6.31. The minimum atomic E-state index is -4.44. The third-order valence-corrected chi connectivity index (χ3v) is 2.78. The highest BCUT2D eigenvalue weighted by Gasteiger charge is 2.33. The smallest absolute Gasteiger partial charge is 0.324 e. The summed E-state index contributed by atoms with van der Waals surface area (Å²) in [4.78, 5) is 0. The van der Waals surface area contributed by atoms with Crippen LogP contribution < -0.4 is 5.73 Å². The van der Waals surface area contributed by atoms with Gasteiger partial charge in [0.15, 0.2) is 0 Å². The molecule has 0 radical (unpaired) electrons. The van der Waals surface area contributed by atoms with E-state index < -0.39 is 17.8 Å². The molecule has 1 aromatic rings. The summed E-state index contributed by atoms with van der Waals surface area (Å²) in [5, 5.41) is -0.294. The number of hydrogen-bond acceptors (Lipinski definition) is 1. The fourth-order valence-corrected chi connectivity index (χ4v) is 1.86. The van der Waals surface area contributed by atoms with Crippen LogP contribution in [-0.2, 0) is 6.18 Å². The number of hydrogen-bond donors (Lipinski definition) is 1. The van der Waals surface area contributed by atoms with E-state index in [1.54, 1.807) is 6.07 Å². The molecule has 17 heavy (non-hydrogen) atoms. The zero-order chi connectivity index (χ0) is 13.2. The second kappa shape index (κ2) is 5.27. The molecular formula is C12H15ClF3N. The average molecular weight is 266 g/mol. The van der Waals surface area contributed by atoms with Crippen LogP contribution >= 0.6 is 11.6 Å². The Bertz CT molecular complexity index is 388. The maximum Gasteiger partial charge on any atom is 0.417 e. The lowest BCUT2D eigenvalue weighted by atomic mass is 9.96. The highest BCUT2D eigenvalue weighted by atomic mass is 35.5. The Morgan fingerprint density at radius 1 is 1.29 bits per heavy atom. The van der Waals surface area contributed by atoms with Crippen molar-refractivity contribution in [2.24, 2.45) is 11.7 Å². The molecule has 1 nitrogen and oxygen atoms in total. The number of nitrogens with two attached hydrogens (primary N) is 1. The number of halogens is 4. The minimum absolute atomic E-state index is 0.294. The molecule has 2 N–H and O–H groups in total. The maximum absolute atomic E-state index is 12.6. The van der Waals surface area contributed by atoms with Crippen LogP contribution in [0.5, 0.6) is 0 Å². The molecule has 1 rings (SSSR count). The lowest BCUT2D eigenvalue weighted by Gasteiger charge is -2.17. The van der Waals surface area contributed by atoms with Crippen LogP contribution in [0.2, 0.25) is 5.02 Å². The summed E-state index contributed by atoms with van der Waals surface area (Å²) in [6.07, 6.45) is -3.80. The van der Waals surface area contributed by atoms with E-state index in [4.69, 9.17) is 17.3 Å². The standard InChI is InChI=1S/C12H15ClF3N/c1-7(2)5-11(17)8-3-4-10(13)9(6-8)12(14,15)16/h3-4,6-7,11H,5,17H2,1-2H3/t11-/m1/s1. The van der Waals surface area contributed by atoms with E-state index >= 15 is 0 Å². The number of alkyl halides is 3. The molecule has 0 saturated heterocycles. The van der Waals surface area contributed by atoms with Gasteiger partial charge >= 0.3 is 6.18 Å². The molecule has 0 saturated carbocycles. The Morgan fingerprint density at radius 2 is 1.88 bits per heavy atom. The van der Waals surface area contributed by atoms with Crippen molar-refractivity contribution in [1.29, 1.82) is 0 Å². The largest absolute Gasteiger partial charge is 0.417 e. The Morgan fingerprint density at radius 3 is 2.35 bits per heavy atom. The van der Waals surface area contributed by atoms with Crippen LogP contribution in [-0.4, -0.2) is 0 Å². The van der Waals surface area contributed by atoms with E-state index in [0.717, 1.165) is 6.07 Å². The van der Waals surface area contributed by atoms with E-state index in [1.165, 1.54) is 6.07 Å². The number of rotatable bonds is 3. The van der Waals surface area contributed by atoms with Gasteiger partial charge in [-0.25, -0.2) is 0 Å². The van der Waals surface area contributed by atoms with E-state index in [9.17, 15) is 13.2 Å². The lowest BCUT2D eigenvalue weighted by molar-refractivity contribution is -0.137. The van der Waals surface area contributed by atoms with Crippen LogP contribution in [0, 0.1) is 5.92 Å². The van der Waals surface area contributed by atoms with Crippen molar-refractivity contribution in [1.82, 2.24) is 0 Å². The topological polar surface area (TPSA) is 26.0 Å². The van der Waals surface area contributed by atoms with E-state index in [0.29, 0.717) is 17.9 Å². The quantitative estimate of drug-likeness (QED) is 0.861. The van der Waals surface area contributed by atoms with Crippen molar-refractivity contribution in [2.75, 3.05) is 0 Å². The van der Waals surface area contributed by atoms with Crippen LogP contribution in [0.1, 0.15) is 37.4 Å². The second-order valence-corrected chi connectivity index (χ2v) is 4.88. The summed E-state index contributed by atoms with van der Waals surface area (Å²) in [5.74, 6) is 0.329. The van der Waals surface area contributed by atoms with Gasteiger partial charge in [0, 0.05) is 6.04 Å². The Balaban J connectivity index is 3.04. The lowest BCUT2D eigenvalue weighted by Crippen LogP contribution is -2.15. The van der Waals surface area contributed by atoms with Crippen molar-refractivity contribution >= 4 is 11.6 Å². The number of benzene rings is 1. The molecule has 0 bridgehead atoms. The zero-order valence-corrected chi connectivity index (χ0v) is 10.4. The highest BCUT2D eigenvalue weighted by Crippen LogP contribution is 2.36. The Hall–Kier alpha value is -0.740. The molecule has 0 aliphatic carbocycles. The third-order valence-electron chi connectivity index (χ3n) is 2.45. The van der Waals surface area contributed by atoms with Gasteiger partial charge in [-0.2, -0.15) is 13.2 Å². The van der Waals surface area contributed by atoms with Gasteiger partial charge in [0.1, 0.15) is 0 Å². The predicted octanol–water partition coefficient (Wildman–Crippen LogP) is 4.40. The molecule has 0 aliphatic rings. The first-order chi connectivity index (χ1) is 7.71. The summed E-state index contributed by atoms with van der Waals surface area (Å²) in [5.41, 5.74) is 5.49. The van der Waals surface area contributed by atoms with Crippen LogP contribution in [0.15, 0.2) is 18.2 Å². The normalized spacial score (nSPS) is 14.1. The van der Waals surface area contributed by atoms with Gasteiger partial charge in [0.2, 0.25) is 0 Å². The molecular weight excluding hydrogens is 251 g/mol. The SMILES string of the molecule is CC(C)C[C@@H](N)c1ccc(Cl)c(C(F)(F)F)c1. The molecule has 0 spiro atoms. The van der Waals surface area contributed by atoms with Crippen LogP contribution in [0.4, 0.5) is 13.2 Å². The molecule has 0 aliphatic heterocycles. The van der Waals surface area contributed by atoms with Crippen molar-refractivity contribution in [3.8, 4) is 0 Å². The third kappa shape index (κ3) is 3.89. The van der Waals surface area contributed by atoms with Gasteiger partial charge in [0.05, 0.1) is 10.6 Å². The predicted molar refractivity (Wildman–Crippen MR) is 62.8 cm³/mol. The zero-order valence-electron chi connectivity index (χ0n) is 9.68. The van der Waals surface area contributed by atoms with Gasteiger partial charge in [0.25, 0.3) is 0 Å². The van der Waals surface area contributed by atoms with Crippen LogP contribution in [0.25, 0.3) is 0 Å². The van der Waals surface area contributed by atoms with E-state index in [-0.39, 0.29) is 5.02 Å². The second-order valence-electron chi connectivity index (χ2n) is 4.47. The van der Waals surface area contributed by atoms with Gasteiger partial charge in [-0.15, -0.1) is 0 Å². The van der Waals surface area contributed by atoms with Gasteiger partial charge < -0.3 is 5.73 Å². The summed E-state index contributed by atoms with van der Waals surface area (Å²) in [6.45, 7) is 3.95. The molecule has 0 heterocycles. The van der Waals surface area contributed by atoms with Crippen molar-refractivity contribution in [3.63, 3.8) is 0 Å². The van der Waals surface area contributed by atoms with Gasteiger partial charge in [-0.1, -0.05) is 31.5 Å². The van der Waals surface area contributed by atoms with Crippen molar-refractivity contribution < 1.29 is 13.2 Å². The summed E-state index contributed by atoms with van der Waals surface area (Å²) >= 11 is 5.53. The van der Waals surface area contributed by atoms with Gasteiger partial charge in [-0.3, -0.25) is 0 Å². The Labute approximate surface area is 104 Å². The molecule has 0 unspecified atom stereocenters. The molecule has 0 aromatic heterocycles. The first-order valence-corrected chi connectivity index (χ1v) is 5.72. The molecule has 96 valence electrons. The minimum Gasteiger partial charge on any atom is -0.324 e. The first kappa shape index (κ1) is 14.3. The molecule has 1 aromatic carbocycles. The van der Waals surface area contributed by atoms with Crippen molar-refractivity contribution in [2.45, 2.75) is 32.5 Å². The fourth-order valence-electron chi connectivity index (χ4n) is 1.63. The van der Waals surface area contributed by atoms with E-state index in [2.05, 4.69) is 0 Å². The fraction of sp³-hybridized carbons (Fsp3) is 0.500. The molecule has 1 atom stereocenters.